The zero-order chi connectivity index (χ0) is 11.4. The summed E-state index contributed by atoms with van der Waals surface area (Å²) in [6, 6.07) is 2.98. The molecule has 0 radical (unpaired) electrons. The van der Waals surface area contributed by atoms with Gasteiger partial charge in [0.05, 0.1) is 6.42 Å². The molecule has 1 aromatic heterocycles. The lowest BCUT2D eigenvalue weighted by atomic mass is 10.2. The fourth-order valence-corrected chi connectivity index (χ4v) is 1.40. The van der Waals surface area contributed by atoms with Gasteiger partial charge < -0.3 is 9.67 Å². The maximum absolute atomic E-state index is 11.4. The van der Waals surface area contributed by atoms with Crippen LogP contribution in [0.25, 0.3) is 0 Å². The fourth-order valence-electron chi connectivity index (χ4n) is 1.40. The number of rotatable bonds is 4. The Hall–Kier alpha value is -1.58. The minimum atomic E-state index is -0.884. The first-order valence-electron chi connectivity index (χ1n) is 4.90. The van der Waals surface area contributed by atoms with E-state index in [0.29, 0.717) is 18.0 Å². The van der Waals surface area contributed by atoms with Crippen LogP contribution in [0.1, 0.15) is 19.4 Å². The van der Waals surface area contributed by atoms with Gasteiger partial charge in [-0.3, -0.25) is 9.59 Å². The Morgan fingerprint density at radius 1 is 1.47 bits per heavy atom. The standard InChI is InChI=1S/C11H15NO3/c1-8(2)6-12-7-9(5-11(14)15)3-4-10(12)13/h3-4,7-8H,5-6H2,1-2H3,(H,14,15). The lowest BCUT2D eigenvalue weighted by molar-refractivity contribution is -0.136. The van der Waals surface area contributed by atoms with Crippen molar-refractivity contribution in [2.75, 3.05) is 0 Å². The first kappa shape index (κ1) is 11.5. The van der Waals surface area contributed by atoms with Crippen LogP contribution in [0, 0.1) is 5.92 Å². The first-order chi connectivity index (χ1) is 6.99. The van der Waals surface area contributed by atoms with E-state index in [1.54, 1.807) is 16.8 Å². The Balaban J connectivity index is 2.94. The summed E-state index contributed by atoms with van der Waals surface area (Å²) in [5.41, 5.74) is 0.570. The highest BCUT2D eigenvalue weighted by atomic mass is 16.4. The van der Waals surface area contributed by atoms with Gasteiger partial charge >= 0.3 is 5.97 Å². The van der Waals surface area contributed by atoms with Crippen LogP contribution in [0.4, 0.5) is 0 Å². The number of aliphatic carboxylic acids is 1. The van der Waals surface area contributed by atoms with Crippen molar-refractivity contribution < 1.29 is 9.90 Å². The predicted octanol–water partition coefficient (Wildman–Crippen LogP) is 1.13. The number of hydrogen-bond donors (Lipinski definition) is 1. The van der Waals surface area contributed by atoms with E-state index in [0.717, 1.165) is 0 Å². The Morgan fingerprint density at radius 2 is 2.13 bits per heavy atom. The van der Waals surface area contributed by atoms with E-state index >= 15 is 0 Å². The highest BCUT2D eigenvalue weighted by molar-refractivity contribution is 5.69. The molecule has 4 heteroatoms. The van der Waals surface area contributed by atoms with Gasteiger partial charge in [-0.1, -0.05) is 19.9 Å². The van der Waals surface area contributed by atoms with E-state index in [-0.39, 0.29) is 12.0 Å². The third-order valence-electron chi connectivity index (χ3n) is 1.96. The van der Waals surface area contributed by atoms with Crippen molar-refractivity contribution >= 4 is 5.97 Å². The van der Waals surface area contributed by atoms with Crippen LogP contribution in [0.3, 0.4) is 0 Å². The molecule has 0 aliphatic rings. The molecule has 1 aromatic rings. The van der Waals surface area contributed by atoms with Crippen LogP contribution < -0.4 is 5.56 Å². The maximum Gasteiger partial charge on any atom is 0.307 e. The number of aromatic nitrogens is 1. The summed E-state index contributed by atoms with van der Waals surface area (Å²) in [4.78, 5) is 21.9. The van der Waals surface area contributed by atoms with Crippen molar-refractivity contribution in [1.29, 1.82) is 0 Å². The third-order valence-corrected chi connectivity index (χ3v) is 1.96. The molecule has 4 nitrogen and oxygen atoms in total. The Morgan fingerprint density at radius 3 is 2.67 bits per heavy atom. The molecular weight excluding hydrogens is 194 g/mol. The van der Waals surface area contributed by atoms with E-state index in [1.165, 1.54) is 6.07 Å². The van der Waals surface area contributed by atoms with Gasteiger partial charge in [-0.15, -0.1) is 0 Å². The highest BCUT2D eigenvalue weighted by Crippen LogP contribution is 2.01. The monoisotopic (exact) mass is 209 g/mol. The van der Waals surface area contributed by atoms with Crippen LogP contribution >= 0.6 is 0 Å². The van der Waals surface area contributed by atoms with Crippen molar-refractivity contribution in [3.8, 4) is 0 Å². The van der Waals surface area contributed by atoms with Gasteiger partial charge in [-0.2, -0.15) is 0 Å². The summed E-state index contributed by atoms with van der Waals surface area (Å²) < 4.78 is 1.56. The number of carboxylic acid groups (broad SMARTS) is 1. The smallest absolute Gasteiger partial charge is 0.307 e. The number of hydrogen-bond acceptors (Lipinski definition) is 2. The minimum absolute atomic E-state index is 0.0433. The molecule has 0 fully saturated rings. The van der Waals surface area contributed by atoms with Gasteiger partial charge in [0.25, 0.3) is 5.56 Å². The van der Waals surface area contributed by atoms with E-state index < -0.39 is 5.97 Å². The topological polar surface area (TPSA) is 59.3 Å². The second-order valence-electron chi connectivity index (χ2n) is 3.99. The second-order valence-corrected chi connectivity index (χ2v) is 3.99. The highest BCUT2D eigenvalue weighted by Gasteiger charge is 2.04. The molecule has 0 saturated carbocycles. The molecule has 0 unspecified atom stereocenters. The molecule has 1 rings (SSSR count). The summed E-state index contributed by atoms with van der Waals surface area (Å²) in [5, 5.41) is 8.62. The van der Waals surface area contributed by atoms with Crippen molar-refractivity contribution in [1.82, 2.24) is 4.57 Å². The van der Waals surface area contributed by atoms with Crippen molar-refractivity contribution in [3.05, 3.63) is 34.2 Å². The average Bonchev–Trinajstić information content (AvgIpc) is 2.09. The Bertz CT molecular complexity index is 407. The molecule has 0 spiro atoms. The molecule has 0 saturated heterocycles. The first-order valence-corrected chi connectivity index (χ1v) is 4.90. The van der Waals surface area contributed by atoms with E-state index in [4.69, 9.17) is 5.11 Å². The summed E-state index contributed by atoms with van der Waals surface area (Å²) in [6.45, 7) is 4.64. The molecule has 82 valence electrons. The van der Waals surface area contributed by atoms with Crippen LogP contribution in [0.2, 0.25) is 0 Å². The zero-order valence-corrected chi connectivity index (χ0v) is 8.93. The van der Waals surface area contributed by atoms with Crippen LogP contribution in [-0.2, 0) is 17.8 Å². The maximum atomic E-state index is 11.4. The Labute approximate surface area is 88.2 Å². The van der Waals surface area contributed by atoms with Crippen molar-refractivity contribution in [2.45, 2.75) is 26.8 Å². The quantitative estimate of drug-likeness (QED) is 0.808. The van der Waals surface area contributed by atoms with Gasteiger partial charge in [-0.25, -0.2) is 0 Å². The SMILES string of the molecule is CC(C)Cn1cc(CC(=O)O)ccc1=O. The van der Waals surface area contributed by atoms with Crippen LogP contribution in [-0.4, -0.2) is 15.6 Å². The molecule has 0 amide bonds. The van der Waals surface area contributed by atoms with E-state index in [2.05, 4.69) is 0 Å². The molecule has 0 bridgehead atoms. The molecular formula is C11H15NO3. The van der Waals surface area contributed by atoms with Gasteiger partial charge in [-0.05, 0) is 11.5 Å². The number of carbonyl (C=O) groups is 1. The van der Waals surface area contributed by atoms with Gasteiger partial charge in [0, 0.05) is 18.8 Å². The molecule has 0 aliphatic carbocycles. The number of carboxylic acids is 1. The lowest BCUT2D eigenvalue weighted by Crippen LogP contribution is -2.22. The minimum Gasteiger partial charge on any atom is -0.481 e. The molecule has 0 atom stereocenters. The molecule has 0 aliphatic heterocycles. The second kappa shape index (κ2) is 4.77. The average molecular weight is 209 g/mol. The van der Waals surface area contributed by atoms with E-state index in [1.807, 2.05) is 13.8 Å². The van der Waals surface area contributed by atoms with Crippen molar-refractivity contribution in [3.63, 3.8) is 0 Å². The van der Waals surface area contributed by atoms with Gasteiger partial charge in [0.2, 0.25) is 0 Å². The zero-order valence-electron chi connectivity index (χ0n) is 8.93. The summed E-state index contributed by atoms with van der Waals surface area (Å²) in [6.07, 6.45) is 1.58. The summed E-state index contributed by atoms with van der Waals surface area (Å²) >= 11 is 0. The normalized spacial score (nSPS) is 10.6. The molecule has 1 heterocycles. The number of nitrogens with zero attached hydrogens (tertiary/aromatic N) is 1. The number of pyridine rings is 1. The van der Waals surface area contributed by atoms with Crippen molar-refractivity contribution in [2.24, 2.45) is 5.92 Å². The fraction of sp³-hybridized carbons (Fsp3) is 0.455. The summed E-state index contributed by atoms with van der Waals surface area (Å²) in [5.74, 6) is -0.521. The molecule has 15 heavy (non-hydrogen) atoms. The Kier molecular flexibility index (Phi) is 3.66. The lowest BCUT2D eigenvalue weighted by Gasteiger charge is -2.09. The summed E-state index contributed by atoms with van der Waals surface area (Å²) in [7, 11) is 0. The predicted molar refractivity (Wildman–Crippen MR) is 56.9 cm³/mol. The largest absolute Gasteiger partial charge is 0.481 e. The molecule has 1 N–H and O–H groups in total. The van der Waals surface area contributed by atoms with E-state index in [9.17, 15) is 9.59 Å². The van der Waals surface area contributed by atoms with Gasteiger partial charge in [0.1, 0.15) is 0 Å². The van der Waals surface area contributed by atoms with Crippen LogP contribution in [0.5, 0.6) is 0 Å². The third kappa shape index (κ3) is 3.58. The molecule has 0 aromatic carbocycles. The van der Waals surface area contributed by atoms with Crippen LogP contribution in [0.15, 0.2) is 23.1 Å². The van der Waals surface area contributed by atoms with Gasteiger partial charge in [0.15, 0.2) is 0 Å².